The minimum atomic E-state index is -4.42. The molecule has 0 saturated carbocycles. The molecule has 1 aromatic heterocycles. The lowest BCUT2D eigenvalue weighted by molar-refractivity contribution is -0.0999. The van der Waals surface area contributed by atoms with E-state index in [0.29, 0.717) is 5.52 Å². The van der Waals surface area contributed by atoms with E-state index in [-0.39, 0.29) is 5.13 Å². The number of para-hydroxylation sites is 1. The highest BCUT2D eigenvalue weighted by Crippen LogP contribution is 2.28. The Morgan fingerprint density at radius 2 is 1.93 bits per heavy atom. The Morgan fingerprint density at radius 3 is 2.57 bits per heavy atom. The lowest BCUT2D eigenvalue weighted by Crippen LogP contribution is -2.20. The summed E-state index contributed by atoms with van der Waals surface area (Å²) in [7, 11) is 0. The molecule has 14 heavy (non-hydrogen) atoms. The lowest BCUT2D eigenvalue weighted by atomic mass is 10.3. The number of nitrogens with one attached hydrogen (secondary N) is 1. The molecule has 0 saturated heterocycles. The first-order valence-electron chi connectivity index (χ1n) is 3.75. The molecule has 0 atom stereocenters. The van der Waals surface area contributed by atoms with Crippen molar-refractivity contribution in [2.24, 2.45) is 0 Å². The first-order chi connectivity index (χ1) is 6.54. The van der Waals surface area contributed by atoms with Crippen LogP contribution in [-0.2, 0) is 0 Å². The zero-order chi connectivity index (χ0) is 10.2. The Kier molecular flexibility index (Phi) is 2.07. The number of hydrogen-bond acceptors (Lipinski definition) is 3. The van der Waals surface area contributed by atoms with E-state index < -0.39 is 6.30 Å². The summed E-state index contributed by atoms with van der Waals surface area (Å²) in [5.41, 5.74) is 0.573. The van der Waals surface area contributed by atoms with E-state index in [1.54, 1.807) is 24.3 Å². The van der Waals surface area contributed by atoms with Gasteiger partial charge in [0.15, 0.2) is 5.13 Å². The van der Waals surface area contributed by atoms with Gasteiger partial charge in [-0.3, -0.25) is 5.32 Å². The van der Waals surface area contributed by atoms with E-state index in [0.717, 1.165) is 16.0 Å². The summed E-state index contributed by atoms with van der Waals surface area (Å²) in [5, 5.41) is 1.25. The van der Waals surface area contributed by atoms with Crippen LogP contribution in [0.25, 0.3) is 10.2 Å². The van der Waals surface area contributed by atoms with Gasteiger partial charge in [0.05, 0.1) is 10.2 Å². The molecule has 0 aliphatic heterocycles. The SMILES string of the molecule is FC(F)(F)Nc1nc2ccccc2s1. The van der Waals surface area contributed by atoms with Gasteiger partial charge in [-0.25, -0.2) is 4.98 Å². The van der Waals surface area contributed by atoms with Crippen molar-refractivity contribution in [3.63, 3.8) is 0 Å². The zero-order valence-corrected chi connectivity index (χ0v) is 7.62. The summed E-state index contributed by atoms with van der Waals surface area (Å²) in [6.07, 6.45) is -4.42. The van der Waals surface area contributed by atoms with Gasteiger partial charge in [-0.15, -0.1) is 0 Å². The van der Waals surface area contributed by atoms with Gasteiger partial charge < -0.3 is 0 Å². The Bertz CT molecular complexity index is 416. The minimum Gasteiger partial charge on any atom is -0.273 e. The predicted octanol–water partition coefficient (Wildman–Crippen LogP) is 3.23. The molecule has 0 radical (unpaired) electrons. The van der Waals surface area contributed by atoms with Crippen molar-refractivity contribution >= 4 is 26.7 Å². The summed E-state index contributed by atoms with van der Waals surface area (Å²) >= 11 is 0.982. The Hall–Kier alpha value is -1.30. The minimum absolute atomic E-state index is 0.126. The zero-order valence-electron chi connectivity index (χ0n) is 6.80. The summed E-state index contributed by atoms with van der Waals surface area (Å²) in [5.74, 6) is 0. The van der Waals surface area contributed by atoms with Crippen LogP contribution in [0.15, 0.2) is 24.3 Å². The number of hydrogen-bond donors (Lipinski definition) is 1. The standard InChI is InChI=1S/C8H5F3N2S/c9-8(10,11)13-7-12-5-3-1-2-4-6(5)14-7/h1-4H,(H,12,13). The third kappa shape index (κ3) is 1.95. The number of benzene rings is 1. The molecular weight excluding hydrogens is 213 g/mol. The molecule has 0 spiro atoms. The average Bonchev–Trinajstić information content (AvgIpc) is 2.42. The molecule has 6 heteroatoms. The van der Waals surface area contributed by atoms with Gasteiger partial charge in [0.2, 0.25) is 0 Å². The number of fused-ring (bicyclic) bond motifs is 1. The monoisotopic (exact) mass is 218 g/mol. The number of nitrogens with zero attached hydrogens (tertiary/aromatic N) is 1. The van der Waals surface area contributed by atoms with Crippen LogP contribution in [0.1, 0.15) is 0 Å². The average molecular weight is 218 g/mol. The van der Waals surface area contributed by atoms with Crippen LogP contribution >= 0.6 is 11.3 Å². The second-order valence-corrected chi connectivity index (χ2v) is 3.64. The molecule has 2 rings (SSSR count). The molecule has 0 bridgehead atoms. The maximum absolute atomic E-state index is 11.9. The summed E-state index contributed by atoms with van der Waals surface area (Å²) < 4.78 is 36.5. The number of rotatable bonds is 1. The van der Waals surface area contributed by atoms with Gasteiger partial charge in [0, 0.05) is 0 Å². The van der Waals surface area contributed by atoms with Crippen LogP contribution in [0, 0.1) is 0 Å². The fraction of sp³-hybridized carbons (Fsp3) is 0.125. The topological polar surface area (TPSA) is 24.9 Å². The van der Waals surface area contributed by atoms with Crippen LogP contribution in [0.4, 0.5) is 18.3 Å². The second kappa shape index (κ2) is 3.13. The Balaban J connectivity index is 2.36. The van der Waals surface area contributed by atoms with Crippen molar-refractivity contribution in [2.45, 2.75) is 6.30 Å². The van der Waals surface area contributed by atoms with Gasteiger partial charge in [-0.1, -0.05) is 23.5 Å². The molecule has 1 aromatic carbocycles. The third-order valence-electron chi connectivity index (χ3n) is 1.54. The van der Waals surface area contributed by atoms with Gasteiger partial charge in [0.25, 0.3) is 0 Å². The van der Waals surface area contributed by atoms with Crippen LogP contribution in [0.3, 0.4) is 0 Å². The van der Waals surface area contributed by atoms with E-state index in [1.807, 2.05) is 0 Å². The number of aromatic nitrogens is 1. The largest absolute Gasteiger partial charge is 0.484 e. The summed E-state index contributed by atoms with van der Waals surface area (Å²) in [6.45, 7) is 0. The number of halogens is 3. The molecular formula is C8H5F3N2S. The highest BCUT2D eigenvalue weighted by molar-refractivity contribution is 7.22. The maximum Gasteiger partial charge on any atom is 0.484 e. The third-order valence-corrected chi connectivity index (χ3v) is 2.49. The number of anilines is 1. The van der Waals surface area contributed by atoms with Crippen molar-refractivity contribution in [3.05, 3.63) is 24.3 Å². The summed E-state index contributed by atoms with van der Waals surface area (Å²) in [6, 6.07) is 6.90. The smallest absolute Gasteiger partial charge is 0.273 e. The maximum atomic E-state index is 11.9. The van der Waals surface area contributed by atoms with E-state index in [4.69, 9.17) is 0 Å². The molecule has 0 aliphatic rings. The van der Waals surface area contributed by atoms with Crippen molar-refractivity contribution in [2.75, 3.05) is 5.32 Å². The molecule has 0 unspecified atom stereocenters. The predicted molar refractivity (Wildman–Crippen MR) is 49.3 cm³/mol. The van der Waals surface area contributed by atoms with Crippen LogP contribution < -0.4 is 5.32 Å². The quantitative estimate of drug-likeness (QED) is 0.743. The van der Waals surface area contributed by atoms with Crippen molar-refractivity contribution < 1.29 is 13.2 Å². The molecule has 0 fully saturated rings. The van der Waals surface area contributed by atoms with Gasteiger partial charge >= 0.3 is 6.30 Å². The first kappa shape index (κ1) is 9.26. The molecule has 74 valence electrons. The van der Waals surface area contributed by atoms with Crippen LogP contribution in [-0.4, -0.2) is 11.3 Å². The van der Waals surface area contributed by atoms with E-state index in [1.165, 1.54) is 5.32 Å². The van der Waals surface area contributed by atoms with Crippen molar-refractivity contribution in [3.8, 4) is 0 Å². The van der Waals surface area contributed by atoms with E-state index in [9.17, 15) is 13.2 Å². The molecule has 2 aromatic rings. The van der Waals surface area contributed by atoms with Crippen molar-refractivity contribution in [1.82, 2.24) is 4.98 Å². The number of alkyl halides is 3. The fourth-order valence-electron chi connectivity index (χ4n) is 1.05. The van der Waals surface area contributed by atoms with Crippen molar-refractivity contribution in [1.29, 1.82) is 0 Å². The Morgan fingerprint density at radius 1 is 1.21 bits per heavy atom. The highest BCUT2D eigenvalue weighted by Gasteiger charge is 2.28. The van der Waals surface area contributed by atoms with E-state index >= 15 is 0 Å². The molecule has 0 amide bonds. The normalized spacial score (nSPS) is 11.9. The van der Waals surface area contributed by atoms with E-state index in [2.05, 4.69) is 4.98 Å². The fourth-order valence-corrected chi connectivity index (χ4v) is 1.93. The highest BCUT2D eigenvalue weighted by atomic mass is 32.1. The van der Waals surface area contributed by atoms with Crippen LogP contribution in [0.5, 0.6) is 0 Å². The molecule has 1 N–H and O–H groups in total. The molecule has 2 nitrogen and oxygen atoms in total. The first-order valence-corrected chi connectivity index (χ1v) is 4.57. The second-order valence-electron chi connectivity index (χ2n) is 2.61. The lowest BCUT2D eigenvalue weighted by Gasteiger charge is -2.04. The van der Waals surface area contributed by atoms with Gasteiger partial charge in [0.1, 0.15) is 0 Å². The Labute approximate surface area is 81.4 Å². The number of thiazole rings is 1. The van der Waals surface area contributed by atoms with Crippen LogP contribution in [0.2, 0.25) is 0 Å². The molecule has 1 heterocycles. The summed E-state index contributed by atoms with van der Waals surface area (Å²) in [4.78, 5) is 3.79. The van der Waals surface area contributed by atoms with Gasteiger partial charge in [-0.05, 0) is 12.1 Å². The molecule has 0 aliphatic carbocycles. The van der Waals surface area contributed by atoms with Gasteiger partial charge in [-0.2, -0.15) is 13.2 Å².